The van der Waals surface area contributed by atoms with Gasteiger partial charge in [-0.3, -0.25) is 0 Å². The zero-order valence-electron chi connectivity index (χ0n) is 18.3. The first kappa shape index (κ1) is 23.2. The molecule has 3 aromatic carbocycles. The molecule has 0 aromatic heterocycles. The summed E-state index contributed by atoms with van der Waals surface area (Å²) in [5.74, 6) is -0.551. The average Bonchev–Trinajstić information content (AvgIpc) is 3.22. The molecule has 7 heteroatoms. The topological polar surface area (TPSA) is 63.7 Å². The molecule has 2 atom stereocenters. The highest BCUT2D eigenvalue weighted by Gasteiger charge is 2.47. The van der Waals surface area contributed by atoms with Gasteiger partial charge >= 0.3 is 5.97 Å². The lowest BCUT2D eigenvalue weighted by Gasteiger charge is -2.31. The molecule has 1 heterocycles. The van der Waals surface area contributed by atoms with Crippen LogP contribution in [0.2, 0.25) is 5.02 Å². The lowest BCUT2D eigenvalue weighted by atomic mass is 10.0. The monoisotopic (exact) mass is 481 g/mol. The number of carbonyl (C=O) groups is 1. The third kappa shape index (κ3) is 4.60. The first-order chi connectivity index (χ1) is 15.8. The third-order valence-electron chi connectivity index (χ3n) is 5.57. The summed E-state index contributed by atoms with van der Waals surface area (Å²) < 4.78 is 34.8. The van der Waals surface area contributed by atoms with Gasteiger partial charge in [0.15, 0.2) is 0 Å². The Morgan fingerprint density at radius 1 is 0.970 bits per heavy atom. The Labute approximate surface area is 199 Å². The molecule has 0 fully saturated rings. The van der Waals surface area contributed by atoms with Crippen LogP contribution in [0.5, 0.6) is 0 Å². The van der Waals surface area contributed by atoms with Gasteiger partial charge in [-0.25, -0.2) is 13.2 Å². The van der Waals surface area contributed by atoms with Gasteiger partial charge in [-0.05, 0) is 55.3 Å². The highest BCUT2D eigenvalue weighted by molar-refractivity contribution is 7.89. The molecular formula is C26H24ClNO4S. The van der Waals surface area contributed by atoms with Crippen LogP contribution in [0.25, 0.3) is 0 Å². The highest BCUT2D eigenvalue weighted by Crippen LogP contribution is 2.47. The Bertz CT molecular complexity index is 1290. The highest BCUT2D eigenvalue weighted by atomic mass is 35.5. The molecule has 1 aliphatic heterocycles. The van der Waals surface area contributed by atoms with Crippen LogP contribution in [0, 0.1) is 6.92 Å². The van der Waals surface area contributed by atoms with Gasteiger partial charge in [-0.1, -0.05) is 71.8 Å². The fourth-order valence-corrected chi connectivity index (χ4v) is 5.96. The largest absolute Gasteiger partial charge is 0.463 e. The molecule has 0 aliphatic carbocycles. The van der Waals surface area contributed by atoms with Crippen molar-refractivity contribution in [1.82, 2.24) is 4.31 Å². The van der Waals surface area contributed by atoms with Crippen molar-refractivity contribution in [3.63, 3.8) is 0 Å². The molecule has 0 saturated carbocycles. The van der Waals surface area contributed by atoms with E-state index < -0.39 is 28.1 Å². The molecule has 0 N–H and O–H groups in total. The third-order valence-corrected chi connectivity index (χ3v) is 7.67. The standard InChI is InChI=1S/C26H24ClNO4S/c1-3-32-26(29)23-17-24(19-8-5-4-6-9-19)28(25(23)20-10-7-11-21(27)16-20)33(30,31)22-14-12-18(2)13-15-22/h4-17,24-25H,3H2,1-2H3/t24-,25-/m0/s1. The number of ether oxygens (including phenoxy) is 1. The van der Waals surface area contributed by atoms with Crippen molar-refractivity contribution < 1.29 is 17.9 Å². The maximum absolute atomic E-state index is 14.0. The molecule has 3 aromatic rings. The Hall–Kier alpha value is -2.93. The van der Waals surface area contributed by atoms with Crippen LogP contribution in [-0.4, -0.2) is 25.3 Å². The summed E-state index contributed by atoms with van der Waals surface area (Å²) in [7, 11) is -4.01. The van der Waals surface area contributed by atoms with Crippen LogP contribution in [0.4, 0.5) is 0 Å². The van der Waals surface area contributed by atoms with Gasteiger partial charge in [0.2, 0.25) is 10.0 Å². The lowest BCUT2D eigenvalue weighted by molar-refractivity contribution is -0.138. The van der Waals surface area contributed by atoms with E-state index in [1.165, 1.54) is 4.31 Å². The van der Waals surface area contributed by atoms with E-state index in [9.17, 15) is 13.2 Å². The molecule has 5 nitrogen and oxygen atoms in total. The summed E-state index contributed by atoms with van der Waals surface area (Å²) in [5.41, 5.74) is 2.56. The van der Waals surface area contributed by atoms with Crippen molar-refractivity contribution in [2.24, 2.45) is 0 Å². The van der Waals surface area contributed by atoms with Gasteiger partial charge < -0.3 is 4.74 Å². The van der Waals surface area contributed by atoms with Crippen LogP contribution in [0.1, 0.15) is 35.7 Å². The van der Waals surface area contributed by atoms with Gasteiger partial charge in [0, 0.05) is 5.02 Å². The number of nitrogens with zero attached hydrogens (tertiary/aromatic N) is 1. The van der Waals surface area contributed by atoms with Crippen molar-refractivity contribution in [2.75, 3.05) is 6.61 Å². The summed E-state index contributed by atoms with van der Waals surface area (Å²) in [6.45, 7) is 3.80. The first-order valence-corrected chi connectivity index (χ1v) is 12.4. The van der Waals surface area contributed by atoms with E-state index in [-0.39, 0.29) is 17.1 Å². The quantitative estimate of drug-likeness (QED) is 0.428. The summed E-state index contributed by atoms with van der Waals surface area (Å²) in [6, 6.07) is 21.3. The average molecular weight is 482 g/mol. The second-order valence-electron chi connectivity index (χ2n) is 7.80. The van der Waals surface area contributed by atoms with Crippen molar-refractivity contribution in [2.45, 2.75) is 30.8 Å². The number of carbonyl (C=O) groups excluding carboxylic acids is 1. The van der Waals surface area contributed by atoms with Crippen molar-refractivity contribution in [3.8, 4) is 0 Å². The van der Waals surface area contributed by atoms with Crippen molar-refractivity contribution in [3.05, 3.63) is 112 Å². The van der Waals surface area contributed by atoms with Gasteiger partial charge in [0.05, 0.1) is 29.2 Å². The predicted molar refractivity (Wildman–Crippen MR) is 128 cm³/mol. The summed E-state index contributed by atoms with van der Waals surface area (Å²) in [4.78, 5) is 13.2. The number of halogens is 1. The maximum Gasteiger partial charge on any atom is 0.335 e. The summed E-state index contributed by atoms with van der Waals surface area (Å²) in [5, 5.41) is 0.451. The zero-order chi connectivity index (χ0) is 23.6. The minimum absolute atomic E-state index is 0.152. The Morgan fingerprint density at radius 3 is 2.27 bits per heavy atom. The second-order valence-corrected chi connectivity index (χ2v) is 10.1. The molecular weight excluding hydrogens is 458 g/mol. The van der Waals surface area contributed by atoms with Gasteiger partial charge in [-0.15, -0.1) is 0 Å². The van der Waals surface area contributed by atoms with Crippen molar-refractivity contribution in [1.29, 1.82) is 0 Å². The summed E-state index contributed by atoms with van der Waals surface area (Å²) >= 11 is 6.26. The van der Waals surface area contributed by atoms with E-state index in [1.54, 1.807) is 61.5 Å². The maximum atomic E-state index is 14.0. The first-order valence-electron chi connectivity index (χ1n) is 10.6. The predicted octanol–water partition coefficient (Wildman–Crippen LogP) is 5.62. The Balaban J connectivity index is 1.95. The normalized spacial score (nSPS) is 18.7. The minimum atomic E-state index is -4.01. The molecule has 1 aliphatic rings. The van der Waals surface area contributed by atoms with E-state index in [0.717, 1.165) is 11.1 Å². The minimum Gasteiger partial charge on any atom is -0.463 e. The molecule has 33 heavy (non-hydrogen) atoms. The molecule has 0 saturated heterocycles. The van der Waals surface area contributed by atoms with E-state index in [2.05, 4.69) is 0 Å². The second kappa shape index (κ2) is 9.51. The number of esters is 1. The van der Waals surface area contributed by atoms with Crippen LogP contribution < -0.4 is 0 Å². The van der Waals surface area contributed by atoms with E-state index >= 15 is 0 Å². The molecule has 0 amide bonds. The molecule has 0 unspecified atom stereocenters. The van der Waals surface area contributed by atoms with Crippen molar-refractivity contribution >= 4 is 27.6 Å². The molecule has 170 valence electrons. The van der Waals surface area contributed by atoms with E-state index in [4.69, 9.17) is 16.3 Å². The van der Waals surface area contributed by atoms with E-state index in [0.29, 0.717) is 10.6 Å². The lowest BCUT2D eigenvalue weighted by Crippen LogP contribution is -2.35. The number of hydrogen-bond acceptors (Lipinski definition) is 4. The molecule has 0 bridgehead atoms. The molecule has 0 spiro atoms. The van der Waals surface area contributed by atoms with Gasteiger partial charge in [0.1, 0.15) is 0 Å². The number of benzene rings is 3. The fraction of sp³-hybridized carbons (Fsp3) is 0.192. The molecule has 4 rings (SSSR count). The van der Waals surface area contributed by atoms with E-state index in [1.807, 2.05) is 37.3 Å². The van der Waals surface area contributed by atoms with Crippen LogP contribution in [0.15, 0.2) is 95.4 Å². The summed E-state index contributed by atoms with van der Waals surface area (Å²) in [6.07, 6.45) is 1.69. The van der Waals surface area contributed by atoms with Crippen LogP contribution in [-0.2, 0) is 19.6 Å². The smallest absolute Gasteiger partial charge is 0.335 e. The Morgan fingerprint density at radius 2 is 1.64 bits per heavy atom. The zero-order valence-corrected chi connectivity index (χ0v) is 19.9. The van der Waals surface area contributed by atoms with Gasteiger partial charge in [0.25, 0.3) is 0 Å². The van der Waals surface area contributed by atoms with Gasteiger partial charge in [-0.2, -0.15) is 4.31 Å². The number of rotatable bonds is 6. The fourth-order valence-electron chi connectivity index (χ4n) is 4.04. The number of sulfonamides is 1. The van der Waals surface area contributed by atoms with Crippen LogP contribution >= 0.6 is 11.6 Å². The Kier molecular flexibility index (Phi) is 6.70. The molecule has 0 radical (unpaired) electrons. The SMILES string of the molecule is CCOC(=O)C1=C[C@@H](c2ccccc2)N(S(=O)(=O)c2ccc(C)cc2)[C@H]1c1cccc(Cl)c1. The number of aryl methyl sites for hydroxylation is 1. The number of hydrogen-bond donors (Lipinski definition) is 0. The van der Waals surface area contributed by atoms with Crippen LogP contribution in [0.3, 0.4) is 0 Å².